The number of nitrogens with one attached hydrogen (secondary N) is 1. The first-order valence-electron chi connectivity index (χ1n) is 6.55. The van der Waals surface area contributed by atoms with Gasteiger partial charge in [-0.05, 0) is 36.4 Å². The number of ketones is 1. The van der Waals surface area contributed by atoms with Gasteiger partial charge in [-0.3, -0.25) is 9.59 Å². The van der Waals surface area contributed by atoms with E-state index in [0.29, 0.717) is 5.69 Å². The SMILES string of the molecule is CC(=O)Nc1ccc(O)c(C(=O)/C=C/c2ccccc2F)c1. The highest BCUT2D eigenvalue weighted by atomic mass is 19.1. The largest absolute Gasteiger partial charge is 0.507 e. The van der Waals surface area contributed by atoms with Crippen LogP contribution >= 0.6 is 0 Å². The van der Waals surface area contributed by atoms with Gasteiger partial charge in [-0.15, -0.1) is 0 Å². The number of rotatable bonds is 4. The Morgan fingerprint density at radius 2 is 1.91 bits per heavy atom. The van der Waals surface area contributed by atoms with Crippen LogP contribution in [0.4, 0.5) is 10.1 Å². The molecule has 0 aliphatic heterocycles. The minimum atomic E-state index is -0.493. The molecule has 112 valence electrons. The predicted octanol–water partition coefficient (Wildman–Crippen LogP) is 3.39. The number of hydrogen-bond donors (Lipinski definition) is 2. The van der Waals surface area contributed by atoms with Gasteiger partial charge in [-0.1, -0.05) is 18.2 Å². The molecule has 0 aliphatic rings. The van der Waals surface area contributed by atoms with Crippen LogP contribution in [0.15, 0.2) is 48.5 Å². The molecule has 2 aromatic carbocycles. The smallest absolute Gasteiger partial charge is 0.221 e. The number of anilines is 1. The van der Waals surface area contributed by atoms with Crippen LogP contribution in [0.5, 0.6) is 5.75 Å². The van der Waals surface area contributed by atoms with Gasteiger partial charge in [0.15, 0.2) is 5.78 Å². The quantitative estimate of drug-likeness (QED) is 0.516. The monoisotopic (exact) mass is 299 g/mol. The molecular formula is C17H14FNO3. The summed E-state index contributed by atoms with van der Waals surface area (Å²) in [7, 11) is 0. The first kappa shape index (κ1) is 15.4. The third-order valence-electron chi connectivity index (χ3n) is 2.90. The summed E-state index contributed by atoms with van der Waals surface area (Å²) in [6, 6.07) is 10.2. The molecule has 0 unspecified atom stereocenters. The molecule has 0 saturated heterocycles. The fraction of sp³-hybridized carbons (Fsp3) is 0.0588. The summed E-state index contributed by atoms with van der Waals surface area (Å²) in [5.74, 6) is -1.43. The molecule has 0 atom stereocenters. The number of phenols is 1. The van der Waals surface area contributed by atoms with Gasteiger partial charge in [0, 0.05) is 18.2 Å². The maximum Gasteiger partial charge on any atom is 0.221 e. The highest BCUT2D eigenvalue weighted by Gasteiger charge is 2.10. The fourth-order valence-corrected chi connectivity index (χ4v) is 1.88. The van der Waals surface area contributed by atoms with E-state index in [9.17, 15) is 19.1 Å². The lowest BCUT2D eigenvalue weighted by atomic mass is 10.1. The molecule has 4 nitrogen and oxygen atoms in total. The van der Waals surface area contributed by atoms with Gasteiger partial charge in [0.05, 0.1) is 5.56 Å². The second kappa shape index (κ2) is 6.67. The third kappa shape index (κ3) is 3.79. The zero-order chi connectivity index (χ0) is 16.1. The van der Waals surface area contributed by atoms with E-state index in [1.165, 1.54) is 49.4 Å². The van der Waals surface area contributed by atoms with E-state index in [2.05, 4.69) is 5.32 Å². The van der Waals surface area contributed by atoms with Crippen molar-refractivity contribution in [3.8, 4) is 5.75 Å². The molecule has 0 aromatic heterocycles. The van der Waals surface area contributed by atoms with E-state index in [1.807, 2.05) is 0 Å². The molecule has 0 fully saturated rings. The Balaban J connectivity index is 2.25. The molecule has 2 rings (SSSR count). The molecule has 22 heavy (non-hydrogen) atoms. The minimum Gasteiger partial charge on any atom is -0.507 e. The number of carbonyl (C=O) groups is 2. The standard InChI is InChI=1S/C17H14FNO3/c1-11(20)19-13-7-9-17(22)14(10-13)16(21)8-6-12-4-2-3-5-15(12)18/h2-10,22H,1H3,(H,19,20)/b8-6+. The van der Waals surface area contributed by atoms with Crippen LogP contribution in [0.2, 0.25) is 0 Å². The Labute approximate surface area is 126 Å². The van der Waals surface area contributed by atoms with Gasteiger partial charge in [0.1, 0.15) is 11.6 Å². The fourth-order valence-electron chi connectivity index (χ4n) is 1.88. The number of carbonyl (C=O) groups excluding carboxylic acids is 2. The van der Waals surface area contributed by atoms with Gasteiger partial charge < -0.3 is 10.4 Å². The van der Waals surface area contributed by atoms with Crippen molar-refractivity contribution in [2.75, 3.05) is 5.32 Å². The van der Waals surface area contributed by atoms with Gasteiger partial charge in [-0.2, -0.15) is 0 Å². The molecule has 2 N–H and O–H groups in total. The number of halogens is 1. The molecule has 0 radical (unpaired) electrons. The van der Waals surface area contributed by atoms with E-state index in [0.717, 1.165) is 0 Å². The Morgan fingerprint density at radius 3 is 2.59 bits per heavy atom. The number of allylic oxidation sites excluding steroid dienone is 1. The van der Waals surface area contributed by atoms with Crippen molar-refractivity contribution in [2.24, 2.45) is 0 Å². The summed E-state index contributed by atoms with van der Waals surface area (Å²) in [5, 5.41) is 12.3. The van der Waals surface area contributed by atoms with Crippen molar-refractivity contribution in [3.63, 3.8) is 0 Å². The van der Waals surface area contributed by atoms with Crippen LogP contribution in [0, 0.1) is 5.82 Å². The summed E-state index contributed by atoms with van der Waals surface area (Å²) in [6.45, 7) is 1.34. The average molecular weight is 299 g/mol. The first-order valence-corrected chi connectivity index (χ1v) is 6.55. The maximum atomic E-state index is 13.5. The highest BCUT2D eigenvalue weighted by molar-refractivity contribution is 6.09. The Bertz CT molecular complexity index is 753. The molecule has 1 amide bonds. The van der Waals surface area contributed by atoms with Gasteiger partial charge in [0.2, 0.25) is 5.91 Å². The number of aromatic hydroxyl groups is 1. The summed E-state index contributed by atoms with van der Waals surface area (Å²) < 4.78 is 13.5. The van der Waals surface area contributed by atoms with Crippen molar-refractivity contribution in [2.45, 2.75) is 6.92 Å². The van der Waals surface area contributed by atoms with Crippen molar-refractivity contribution in [1.82, 2.24) is 0 Å². The lowest BCUT2D eigenvalue weighted by Crippen LogP contribution is -2.06. The number of amides is 1. The Kier molecular flexibility index (Phi) is 4.68. The van der Waals surface area contributed by atoms with Crippen molar-refractivity contribution < 1.29 is 19.1 Å². The van der Waals surface area contributed by atoms with Crippen molar-refractivity contribution >= 4 is 23.5 Å². The number of hydrogen-bond acceptors (Lipinski definition) is 3. The molecule has 0 spiro atoms. The molecular weight excluding hydrogens is 285 g/mol. The zero-order valence-electron chi connectivity index (χ0n) is 11.8. The van der Waals surface area contributed by atoms with Crippen LogP contribution in [-0.2, 0) is 4.79 Å². The van der Waals surface area contributed by atoms with E-state index in [4.69, 9.17) is 0 Å². The highest BCUT2D eigenvalue weighted by Crippen LogP contribution is 2.23. The molecule has 0 heterocycles. The van der Waals surface area contributed by atoms with Crippen molar-refractivity contribution in [1.29, 1.82) is 0 Å². The van der Waals surface area contributed by atoms with Gasteiger partial charge in [0.25, 0.3) is 0 Å². The van der Waals surface area contributed by atoms with Gasteiger partial charge >= 0.3 is 0 Å². The molecule has 0 bridgehead atoms. The molecule has 2 aromatic rings. The third-order valence-corrected chi connectivity index (χ3v) is 2.90. The second-order valence-electron chi connectivity index (χ2n) is 4.63. The minimum absolute atomic E-state index is 0.0267. The van der Waals surface area contributed by atoms with E-state index in [1.54, 1.807) is 12.1 Å². The maximum absolute atomic E-state index is 13.5. The van der Waals surface area contributed by atoms with Crippen LogP contribution in [0.1, 0.15) is 22.8 Å². The van der Waals surface area contributed by atoms with E-state index in [-0.39, 0.29) is 22.8 Å². The summed E-state index contributed by atoms with van der Waals surface area (Å²) in [4.78, 5) is 23.1. The van der Waals surface area contributed by atoms with Crippen molar-refractivity contribution in [3.05, 3.63) is 65.5 Å². The summed E-state index contributed by atoms with van der Waals surface area (Å²) >= 11 is 0. The second-order valence-corrected chi connectivity index (χ2v) is 4.63. The lowest BCUT2D eigenvalue weighted by molar-refractivity contribution is -0.114. The van der Waals surface area contributed by atoms with Crippen LogP contribution in [0.25, 0.3) is 6.08 Å². The first-order chi connectivity index (χ1) is 10.5. The average Bonchev–Trinajstić information content (AvgIpc) is 2.47. The number of benzene rings is 2. The molecule has 0 saturated carbocycles. The number of phenolic OH excluding ortho intramolecular Hbond substituents is 1. The zero-order valence-corrected chi connectivity index (χ0v) is 11.8. The van der Waals surface area contributed by atoms with E-state index >= 15 is 0 Å². The van der Waals surface area contributed by atoms with Crippen LogP contribution in [-0.4, -0.2) is 16.8 Å². The van der Waals surface area contributed by atoms with E-state index < -0.39 is 11.6 Å². The predicted molar refractivity (Wildman–Crippen MR) is 82.2 cm³/mol. The Hall–Kier alpha value is -2.95. The molecule has 0 aliphatic carbocycles. The summed E-state index contributed by atoms with van der Waals surface area (Å²) in [5.41, 5.74) is 0.695. The topological polar surface area (TPSA) is 66.4 Å². The lowest BCUT2D eigenvalue weighted by Gasteiger charge is -2.06. The molecule has 5 heteroatoms. The summed E-state index contributed by atoms with van der Waals surface area (Å²) in [6.07, 6.45) is 2.51. The van der Waals surface area contributed by atoms with Gasteiger partial charge in [-0.25, -0.2) is 4.39 Å². The normalized spacial score (nSPS) is 10.6. The van der Waals surface area contributed by atoms with Crippen LogP contribution < -0.4 is 5.32 Å². The Morgan fingerprint density at radius 1 is 1.18 bits per heavy atom. The van der Waals surface area contributed by atoms with Crippen LogP contribution in [0.3, 0.4) is 0 Å².